The van der Waals surface area contributed by atoms with E-state index in [1.54, 1.807) is 0 Å². The molecule has 4 atom stereocenters. The summed E-state index contributed by atoms with van der Waals surface area (Å²) in [4.78, 5) is 10.8. The third kappa shape index (κ3) is 3.13. The van der Waals surface area contributed by atoms with Gasteiger partial charge in [0.25, 0.3) is 0 Å². The van der Waals surface area contributed by atoms with Crippen LogP contribution in [0.2, 0.25) is 0 Å². The summed E-state index contributed by atoms with van der Waals surface area (Å²) in [6.45, 7) is 0.728. The van der Waals surface area contributed by atoms with E-state index in [4.69, 9.17) is 14.9 Å². The van der Waals surface area contributed by atoms with E-state index in [1.807, 2.05) is 0 Å². The predicted octanol–water partition coefficient (Wildman–Crippen LogP) is -2.19. The molecule has 6 nitrogen and oxygen atoms in total. The van der Waals surface area contributed by atoms with E-state index < -0.39 is 24.4 Å². The molecule has 1 heterocycles. The van der Waals surface area contributed by atoms with Crippen molar-refractivity contribution >= 4 is 5.91 Å². The molecule has 0 bridgehead atoms. The fourth-order valence-electron chi connectivity index (χ4n) is 1.59. The van der Waals surface area contributed by atoms with Crippen molar-refractivity contribution in [3.05, 3.63) is 6.42 Å². The summed E-state index contributed by atoms with van der Waals surface area (Å²) in [5.74, 6) is -0.308. The Morgan fingerprint density at radius 2 is 2.13 bits per heavy atom. The first-order chi connectivity index (χ1) is 7.08. The summed E-state index contributed by atoms with van der Waals surface area (Å²) >= 11 is 0. The molecule has 0 aromatic heterocycles. The highest BCUT2D eigenvalue weighted by atomic mass is 16.5. The number of nitrogens with one attached hydrogen (secondary N) is 1. The lowest BCUT2D eigenvalue weighted by molar-refractivity contribution is -0.133. The zero-order valence-corrected chi connectivity index (χ0v) is 8.46. The highest BCUT2D eigenvalue weighted by Gasteiger charge is 2.37. The molecule has 0 aromatic carbocycles. The van der Waals surface area contributed by atoms with Gasteiger partial charge in [-0.1, -0.05) is 0 Å². The molecule has 1 rings (SSSR count). The number of carbonyl (C=O) groups is 1. The molecule has 1 aliphatic heterocycles. The van der Waals surface area contributed by atoms with Crippen LogP contribution in [0, 0.1) is 6.42 Å². The minimum Gasteiger partial charge on any atom is -0.394 e. The van der Waals surface area contributed by atoms with Crippen LogP contribution in [0.3, 0.4) is 0 Å². The van der Waals surface area contributed by atoms with Gasteiger partial charge in [0, 0.05) is 13.3 Å². The third-order valence-corrected chi connectivity index (χ3v) is 2.26. The van der Waals surface area contributed by atoms with Gasteiger partial charge in [-0.15, -0.1) is 0 Å². The van der Waals surface area contributed by atoms with Crippen molar-refractivity contribution < 1.29 is 24.9 Å². The molecule has 0 aromatic rings. The predicted molar refractivity (Wildman–Crippen MR) is 50.7 cm³/mol. The first-order valence-electron chi connectivity index (χ1n) is 4.75. The average molecular weight is 218 g/mol. The summed E-state index contributed by atoms with van der Waals surface area (Å²) < 4.78 is 5.24. The van der Waals surface area contributed by atoms with Crippen LogP contribution in [0.5, 0.6) is 0 Å². The van der Waals surface area contributed by atoms with Crippen molar-refractivity contribution in [3.8, 4) is 0 Å². The SMILES string of the molecule is CC(=O)NC1[C@H](O)[CH]C(CO)O[C@H]1CO. The van der Waals surface area contributed by atoms with E-state index in [1.165, 1.54) is 13.3 Å². The quantitative estimate of drug-likeness (QED) is 0.431. The van der Waals surface area contributed by atoms with E-state index in [2.05, 4.69) is 5.32 Å². The van der Waals surface area contributed by atoms with Gasteiger partial charge in [0.15, 0.2) is 0 Å². The molecule has 1 radical (unpaired) electrons. The lowest BCUT2D eigenvalue weighted by Gasteiger charge is -2.38. The standard InChI is InChI=1S/C9H16NO5/c1-5(13)10-9-7(14)2-6(3-11)15-8(9)4-12/h2,6-9,11-12,14H,3-4H2,1H3,(H,10,13)/t6?,7-,8+,9?/m1/s1. The molecule has 1 aliphatic rings. The van der Waals surface area contributed by atoms with E-state index in [-0.39, 0.29) is 19.1 Å². The fraction of sp³-hybridized carbons (Fsp3) is 0.778. The Balaban J connectivity index is 2.64. The van der Waals surface area contributed by atoms with Crippen molar-refractivity contribution in [2.45, 2.75) is 31.3 Å². The van der Waals surface area contributed by atoms with Gasteiger partial charge in [0.05, 0.1) is 31.5 Å². The van der Waals surface area contributed by atoms with Crippen LogP contribution in [0.1, 0.15) is 6.92 Å². The topological polar surface area (TPSA) is 99.0 Å². The molecular formula is C9H16NO5. The number of hydrogen-bond donors (Lipinski definition) is 4. The van der Waals surface area contributed by atoms with Crippen LogP contribution < -0.4 is 5.32 Å². The normalized spacial score (nSPS) is 36.3. The van der Waals surface area contributed by atoms with Gasteiger partial charge in [-0.3, -0.25) is 4.79 Å². The molecule has 2 unspecified atom stereocenters. The Morgan fingerprint density at radius 1 is 1.47 bits per heavy atom. The van der Waals surface area contributed by atoms with E-state index in [9.17, 15) is 9.90 Å². The number of aliphatic hydroxyl groups is 3. The van der Waals surface area contributed by atoms with Crippen molar-refractivity contribution in [3.63, 3.8) is 0 Å². The molecule has 87 valence electrons. The van der Waals surface area contributed by atoms with Crippen molar-refractivity contribution in [1.82, 2.24) is 5.32 Å². The van der Waals surface area contributed by atoms with E-state index >= 15 is 0 Å². The molecule has 1 saturated heterocycles. The number of carbonyl (C=O) groups excluding carboxylic acids is 1. The van der Waals surface area contributed by atoms with Crippen LogP contribution >= 0.6 is 0 Å². The molecule has 1 amide bonds. The summed E-state index contributed by atoms with van der Waals surface area (Å²) in [6, 6.07) is -0.671. The highest BCUT2D eigenvalue weighted by Crippen LogP contribution is 2.19. The van der Waals surface area contributed by atoms with Gasteiger partial charge >= 0.3 is 0 Å². The molecule has 0 saturated carbocycles. The molecule has 0 aliphatic carbocycles. The van der Waals surface area contributed by atoms with Crippen LogP contribution in [0.15, 0.2) is 0 Å². The number of hydrogen-bond acceptors (Lipinski definition) is 5. The van der Waals surface area contributed by atoms with E-state index in [0.717, 1.165) is 0 Å². The first-order valence-corrected chi connectivity index (χ1v) is 4.75. The number of amides is 1. The van der Waals surface area contributed by atoms with Crippen LogP contribution in [0.4, 0.5) is 0 Å². The molecule has 0 spiro atoms. The summed E-state index contributed by atoms with van der Waals surface area (Å²) in [5.41, 5.74) is 0. The Kier molecular flexibility index (Phi) is 4.46. The van der Waals surface area contributed by atoms with Gasteiger partial charge in [-0.2, -0.15) is 0 Å². The molecule has 4 N–H and O–H groups in total. The largest absolute Gasteiger partial charge is 0.394 e. The Morgan fingerprint density at radius 3 is 2.60 bits per heavy atom. The minimum atomic E-state index is -0.933. The lowest BCUT2D eigenvalue weighted by Crippen LogP contribution is -2.58. The Labute approximate surface area is 87.9 Å². The van der Waals surface area contributed by atoms with Crippen molar-refractivity contribution in [2.24, 2.45) is 0 Å². The zero-order valence-electron chi connectivity index (χ0n) is 8.46. The maximum Gasteiger partial charge on any atom is 0.217 e. The minimum absolute atomic E-state index is 0.264. The maximum atomic E-state index is 10.8. The van der Waals surface area contributed by atoms with E-state index in [0.29, 0.717) is 0 Å². The molecule has 1 fully saturated rings. The third-order valence-electron chi connectivity index (χ3n) is 2.26. The van der Waals surface area contributed by atoms with Gasteiger partial charge in [0.1, 0.15) is 6.10 Å². The van der Waals surface area contributed by atoms with Crippen LogP contribution in [-0.4, -0.2) is 58.8 Å². The summed E-state index contributed by atoms with van der Waals surface area (Å²) in [6.07, 6.45) is -0.850. The zero-order chi connectivity index (χ0) is 11.4. The molecule has 15 heavy (non-hydrogen) atoms. The second-order valence-corrected chi connectivity index (χ2v) is 3.49. The van der Waals surface area contributed by atoms with Gasteiger partial charge in [0.2, 0.25) is 5.91 Å². The van der Waals surface area contributed by atoms with Gasteiger partial charge in [-0.25, -0.2) is 0 Å². The first kappa shape index (κ1) is 12.4. The van der Waals surface area contributed by atoms with Crippen LogP contribution in [-0.2, 0) is 9.53 Å². The van der Waals surface area contributed by atoms with Gasteiger partial charge < -0.3 is 25.4 Å². The monoisotopic (exact) mass is 218 g/mol. The smallest absolute Gasteiger partial charge is 0.217 e. The van der Waals surface area contributed by atoms with Crippen LogP contribution in [0.25, 0.3) is 0 Å². The van der Waals surface area contributed by atoms with Gasteiger partial charge in [-0.05, 0) is 0 Å². The molecule has 6 heteroatoms. The lowest BCUT2D eigenvalue weighted by atomic mass is 9.95. The highest BCUT2D eigenvalue weighted by molar-refractivity contribution is 5.73. The second-order valence-electron chi connectivity index (χ2n) is 3.49. The second kappa shape index (κ2) is 5.41. The Bertz CT molecular complexity index is 223. The number of ether oxygens (including phenoxy) is 1. The number of aliphatic hydroxyl groups excluding tert-OH is 3. The maximum absolute atomic E-state index is 10.8. The average Bonchev–Trinajstić information content (AvgIpc) is 2.20. The van der Waals surface area contributed by atoms with Crippen molar-refractivity contribution in [2.75, 3.05) is 13.2 Å². The number of rotatable bonds is 3. The summed E-state index contributed by atoms with van der Waals surface area (Å²) in [5, 5.41) is 30.0. The summed E-state index contributed by atoms with van der Waals surface area (Å²) in [7, 11) is 0. The molecular weight excluding hydrogens is 202 g/mol. The van der Waals surface area contributed by atoms with Crippen molar-refractivity contribution in [1.29, 1.82) is 0 Å². The fourth-order valence-corrected chi connectivity index (χ4v) is 1.59. The Hall–Kier alpha value is -0.690.